The van der Waals surface area contributed by atoms with Gasteiger partial charge in [0.15, 0.2) is 0 Å². The molecule has 0 N–H and O–H groups in total. The molecule has 0 amide bonds. The second-order valence-electron chi connectivity index (χ2n) is 5.26. The summed E-state index contributed by atoms with van der Waals surface area (Å²) in [5, 5.41) is 0. The maximum absolute atomic E-state index is 11.7. The Kier molecular flexibility index (Phi) is 0.403. The second kappa shape index (κ2) is 0.954. The van der Waals surface area contributed by atoms with Crippen LogP contribution in [0.4, 0.5) is 0 Å². The molecule has 0 heterocycles. The van der Waals surface area contributed by atoms with Crippen molar-refractivity contribution < 1.29 is 4.79 Å². The largest absolute Gasteiger partial charge is 0.299 e. The fourth-order valence-electron chi connectivity index (χ4n) is 5.59. The number of hydrogen-bond donors (Lipinski definition) is 0. The number of hydrogen-bond acceptors (Lipinski definition) is 1. The summed E-state index contributed by atoms with van der Waals surface area (Å²) in [6.07, 6.45) is 5.61. The molecule has 12 heavy (non-hydrogen) atoms. The van der Waals surface area contributed by atoms with Gasteiger partial charge in [0.1, 0.15) is 5.78 Å². The molecule has 6 saturated carbocycles. The highest BCUT2D eigenvalue weighted by Gasteiger charge is 3.00. The molecule has 0 aromatic carbocycles. The van der Waals surface area contributed by atoms with E-state index < -0.39 is 0 Å². The fraction of sp³-hybridized carbons (Fsp3) is 0.727. The smallest absolute Gasteiger partial charge is 0.140 e. The van der Waals surface area contributed by atoms with Gasteiger partial charge < -0.3 is 0 Å². The van der Waals surface area contributed by atoms with Crippen molar-refractivity contribution in [3.8, 4) is 12.3 Å². The van der Waals surface area contributed by atoms with Crippen LogP contribution in [0, 0.1) is 59.2 Å². The average molecular weight is 156 g/mol. The van der Waals surface area contributed by atoms with E-state index in [2.05, 4.69) is 5.92 Å². The number of rotatable bonds is 0. The average Bonchev–Trinajstić information content (AvgIpc) is 2.86. The molecular weight excluding hydrogens is 148 g/mol. The SMILES string of the molecule is C#CC12C3C4C5C(=O)C(C43)C1C52. The van der Waals surface area contributed by atoms with Crippen molar-refractivity contribution in [2.24, 2.45) is 46.8 Å². The van der Waals surface area contributed by atoms with Gasteiger partial charge in [0, 0.05) is 17.3 Å². The van der Waals surface area contributed by atoms with Gasteiger partial charge in [-0.3, -0.25) is 4.79 Å². The second-order valence-corrected chi connectivity index (χ2v) is 5.26. The topological polar surface area (TPSA) is 17.1 Å². The molecule has 6 atom stereocenters. The lowest BCUT2D eigenvalue weighted by molar-refractivity contribution is -0.123. The lowest BCUT2D eigenvalue weighted by Gasteiger charge is -2.02. The van der Waals surface area contributed by atoms with Crippen LogP contribution in [-0.2, 0) is 4.79 Å². The molecule has 6 rings (SSSR count). The van der Waals surface area contributed by atoms with E-state index in [4.69, 9.17) is 6.42 Å². The number of terminal acetylenes is 1. The molecule has 0 radical (unpaired) electrons. The third kappa shape index (κ3) is 0.198. The minimum absolute atomic E-state index is 0.276. The van der Waals surface area contributed by atoms with Crippen LogP contribution in [0.15, 0.2) is 0 Å². The summed E-state index contributed by atoms with van der Waals surface area (Å²) in [6.45, 7) is 0. The molecular formula is C11H8O. The number of Topliss-reactive ketones (excluding diaryl/α,β-unsaturated/α-hetero) is 1. The molecule has 0 saturated heterocycles. The van der Waals surface area contributed by atoms with Gasteiger partial charge in [-0.25, -0.2) is 0 Å². The van der Waals surface area contributed by atoms with Gasteiger partial charge in [0.05, 0.1) is 0 Å². The van der Waals surface area contributed by atoms with E-state index in [0.717, 1.165) is 17.8 Å². The first-order valence-electron chi connectivity index (χ1n) is 4.85. The Balaban J connectivity index is 1.91. The van der Waals surface area contributed by atoms with Crippen LogP contribution >= 0.6 is 0 Å². The Morgan fingerprint density at radius 1 is 1.17 bits per heavy atom. The van der Waals surface area contributed by atoms with Crippen LogP contribution in [0.2, 0.25) is 0 Å². The van der Waals surface area contributed by atoms with Crippen molar-refractivity contribution in [3.63, 3.8) is 0 Å². The predicted octanol–water partition coefficient (Wildman–Crippen LogP) is 0.556. The van der Waals surface area contributed by atoms with Crippen molar-refractivity contribution in [1.82, 2.24) is 0 Å². The molecule has 6 fully saturated rings. The standard InChI is InChI=1S/C11H8O/c1-2-11-7-3-4(7)6-9(11)8(11)5(3)10(6)12/h1,3-9H. The first-order chi connectivity index (χ1) is 5.84. The molecule has 1 nitrogen and oxygen atoms in total. The Hall–Kier alpha value is -0.770. The van der Waals surface area contributed by atoms with Crippen LogP contribution in [0.3, 0.4) is 0 Å². The van der Waals surface area contributed by atoms with Gasteiger partial charge in [-0.1, -0.05) is 5.92 Å². The van der Waals surface area contributed by atoms with Crippen LogP contribution < -0.4 is 0 Å². The number of ketones is 1. The predicted molar refractivity (Wildman–Crippen MR) is 40.7 cm³/mol. The van der Waals surface area contributed by atoms with Gasteiger partial charge in [-0.05, 0) is 29.6 Å². The van der Waals surface area contributed by atoms with Gasteiger partial charge >= 0.3 is 0 Å². The third-order valence-electron chi connectivity index (χ3n) is 5.58. The van der Waals surface area contributed by atoms with Gasteiger partial charge in [0.2, 0.25) is 0 Å². The highest BCUT2D eigenvalue weighted by Crippen LogP contribution is 2.98. The molecule has 0 aromatic heterocycles. The van der Waals surface area contributed by atoms with Gasteiger partial charge in [-0.2, -0.15) is 0 Å². The van der Waals surface area contributed by atoms with Gasteiger partial charge in [0.25, 0.3) is 0 Å². The summed E-state index contributed by atoms with van der Waals surface area (Å²) in [7, 11) is 0. The first-order valence-corrected chi connectivity index (χ1v) is 4.85. The molecule has 2 bridgehead atoms. The molecule has 1 heteroatoms. The lowest BCUT2D eigenvalue weighted by Crippen LogP contribution is -2.12. The van der Waals surface area contributed by atoms with Gasteiger partial charge in [-0.15, -0.1) is 6.42 Å². The van der Waals surface area contributed by atoms with Crippen LogP contribution in [0.1, 0.15) is 0 Å². The van der Waals surface area contributed by atoms with Crippen LogP contribution in [-0.4, -0.2) is 5.78 Å². The Labute approximate surface area is 70.5 Å². The molecule has 6 aliphatic rings. The highest BCUT2D eigenvalue weighted by molar-refractivity contribution is 5.96. The van der Waals surface area contributed by atoms with Crippen molar-refractivity contribution in [3.05, 3.63) is 0 Å². The minimum Gasteiger partial charge on any atom is -0.299 e. The first kappa shape index (κ1) is 5.07. The normalized spacial score (nSPS) is 82.6. The molecule has 0 aliphatic heterocycles. The van der Waals surface area contributed by atoms with Crippen LogP contribution in [0.5, 0.6) is 0 Å². The van der Waals surface area contributed by atoms with Crippen molar-refractivity contribution in [2.45, 2.75) is 0 Å². The molecule has 6 aliphatic carbocycles. The van der Waals surface area contributed by atoms with E-state index in [9.17, 15) is 4.79 Å². The summed E-state index contributed by atoms with van der Waals surface area (Å²) in [4.78, 5) is 11.7. The summed E-state index contributed by atoms with van der Waals surface area (Å²) >= 11 is 0. The van der Waals surface area contributed by atoms with E-state index in [1.165, 1.54) is 0 Å². The van der Waals surface area contributed by atoms with Crippen molar-refractivity contribution >= 4 is 5.78 Å². The summed E-state index contributed by atoms with van der Waals surface area (Å²) in [6, 6.07) is 0. The molecule has 0 aromatic rings. The van der Waals surface area contributed by atoms with Crippen molar-refractivity contribution in [2.75, 3.05) is 0 Å². The fourth-order valence-corrected chi connectivity index (χ4v) is 5.59. The Morgan fingerprint density at radius 3 is 2.08 bits per heavy atom. The van der Waals surface area contributed by atoms with E-state index in [0.29, 0.717) is 29.5 Å². The lowest BCUT2D eigenvalue weighted by atomic mass is 9.99. The zero-order valence-corrected chi connectivity index (χ0v) is 6.53. The maximum Gasteiger partial charge on any atom is 0.140 e. The maximum atomic E-state index is 11.7. The molecule has 58 valence electrons. The summed E-state index contributed by atoms with van der Waals surface area (Å²) < 4.78 is 0. The quantitative estimate of drug-likeness (QED) is 0.468. The Morgan fingerprint density at radius 2 is 1.75 bits per heavy atom. The van der Waals surface area contributed by atoms with E-state index in [-0.39, 0.29) is 5.41 Å². The monoisotopic (exact) mass is 156 g/mol. The summed E-state index contributed by atoms with van der Waals surface area (Å²) in [5.74, 6) is 8.21. The van der Waals surface area contributed by atoms with E-state index in [1.807, 2.05) is 0 Å². The number of carbonyl (C=O) groups is 1. The zero-order chi connectivity index (χ0) is 7.83. The van der Waals surface area contributed by atoms with Crippen LogP contribution in [0.25, 0.3) is 0 Å². The number of carbonyl (C=O) groups excluding carboxylic acids is 1. The molecule has 0 spiro atoms. The third-order valence-corrected chi connectivity index (χ3v) is 5.58. The van der Waals surface area contributed by atoms with E-state index in [1.54, 1.807) is 0 Å². The van der Waals surface area contributed by atoms with E-state index >= 15 is 0 Å². The highest BCUT2D eigenvalue weighted by atomic mass is 16.1. The summed E-state index contributed by atoms with van der Waals surface area (Å²) in [5.41, 5.74) is 0.276. The molecule has 6 unspecified atom stereocenters. The zero-order valence-electron chi connectivity index (χ0n) is 6.53. The van der Waals surface area contributed by atoms with Crippen molar-refractivity contribution in [1.29, 1.82) is 0 Å². The Bertz CT molecular complexity index is 376. The minimum atomic E-state index is 0.276.